The number of pyridine rings is 1. The number of hydrogen-bond acceptors (Lipinski definition) is 4. The lowest BCUT2D eigenvalue weighted by Crippen LogP contribution is -1.84. The van der Waals surface area contributed by atoms with Crippen molar-refractivity contribution in [1.82, 2.24) is 4.98 Å². The standard InChI is InChI=1S/C12H8N2O2/c15-9-14-11-3-1-2-4-12(11)16-10-5-7-13-8-6-10/h1-8H. The minimum absolute atomic E-state index is 0.453. The van der Waals surface area contributed by atoms with E-state index in [4.69, 9.17) is 4.74 Å². The maximum Gasteiger partial charge on any atom is 0.240 e. The molecule has 78 valence electrons. The third kappa shape index (κ3) is 2.32. The molecule has 0 N–H and O–H groups in total. The van der Waals surface area contributed by atoms with E-state index in [2.05, 4.69) is 9.98 Å². The van der Waals surface area contributed by atoms with Gasteiger partial charge in [-0.15, -0.1) is 0 Å². The Morgan fingerprint density at radius 1 is 1.12 bits per heavy atom. The Bertz CT molecular complexity index is 520. The minimum atomic E-state index is 0.453. The molecule has 0 fully saturated rings. The number of aromatic nitrogens is 1. The second-order valence-corrected chi connectivity index (χ2v) is 2.96. The van der Waals surface area contributed by atoms with Crippen molar-refractivity contribution in [3.05, 3.63) is 48.8 Å². The molecule has 0 unspecified atom stereocenters. The van der Waals surface area contributed by atoms with Crippen LogP contribution in [0.15, 0.2) is 53.8 Å². The Balaban J connectivity index is 2.31. The van der Waals surface area contributed by atoms with Crippen molar-refractivity contribution < 1.29 is 9.53 Å². The molecule has 0 aliphatic heterocycles. The molecule has 0 atom stereocenters. The number of hydrogen-bond donors (Lipinski definition) is 0. The predicted octanol–water partition coefficient (Wildman–Crippen LogP) is 2.84. The van der Waals surface area contributed by atoms with Gasteiger partial charge in [-0.25, -0.2) is 4.79 Å². The molecule has 1 heterocycles. The maximum atomic E-state index is 10.2. The molecule has 4 heteroatoms. The summed E-state index contributed by atoms with van der Waals surface area (Å²) in [6.45, 7) is 0. The van der Waals surface area contributed by atoms with Crippen LogP contribution in [0.1, 0.15) is 0 Å². The topological polar surface area (TPSA) is 51.5 Å². The van der Waals surface area contributed by atoms with Gasteiger partial charge in [0.2, 0.25) is 6.08 Å². The van der Waals surface area contributed by atoms with Crippen LogP contribution in [0.3, 0.4) is 0 Å². The number of aliphatic imine (C=N–C) groups is 1. The molecule has 0 saturated heterocycles. The first-order chi connectivity index (χ1) is 7.90. The average Bonchev–Trinajstić information content (AvgIpc) is 2.33. The molecular formula is C12H8N2O2. The Morgan fingerprint density at radius 3 is 2.62 bits per heavy atom. The van der Waals surface area contributed by atoms with E-state index >= 15 is 0 Å². The maximum absolute atomic E-state index is 10.2. The molecule has 4 nitrogen and oxygen atoms in total. The molecule has 0 saturated carbocycles. The highest BCUT2D eigenvalue weighted by molar-refractivity contribution is 5.58. The first-order valence-corrected chi connectivity index (χ1v) is 4.65. The average molecular weight is 212 g/mol. The smallest absolute Gasteiger partial charge is 0.240 e. The van der Waals surface area contributed by atoms with Crippen LogP contribution in [0.2, 0.25) is 0 Å². The number of carbonyl (C=O) groups excluding carboxylic acids is 1. The van der Waals surface area contributed by atoms with Crippen LogP contribution in [-0.4, -0.2) is 11.1 Å². The van der Waals surface area contributed by atoms with Crippen molar-refractivity contribution in [3.63, 3.8) is 0 Å². The van der Waals surface area contributed by atoms with E-state index < -0.39 is 0 Å². The molecule has 1 aromatic carbocycles. The van der Waals surface area contributed by atoms with Gasteiger partial charge in [0.05, 0.1) is 0 Å². The summed E-state index contributed by atoms with van der Waals surface area (Å²) in [5.41, 5.74) is 0.453. The molecule has 2 aromatic rings. The van der Waals surface area contributed by atoms with Gasteiger partial charge in [-0.1, -0.05) is 12.1 Å². The minimum Gasteiger partial charge on any atom is -0.455 e. The van der Waals surface area contributed by atoms with Crippen molar-refractivity contribution in [2.75, 3.05) is 0 Å². The van der Waals surface area contributed by atoms with E-state index in [1.807, 2.05) is 0 Å². The lowest BCUT2D eigenvalue weighted by molar-refractivity contribution is 0.483. The van der Waals surface area contributed by atoms with Crippen LogP contribution in [0.25, 0.3) is 0 Å². The predicted molar refractivity (Wildman–Crippen MR) is 58.5 cm³/mol. The van der Waals surface area contributed by atoms with E-state index in [0.717, 1.165) is 0 Å². The summed E-state index contributed by atoms with van der Waals surface area (Å²) in [5.74, 6) is 1.15. The lowest BCUT2D eigenvalue weighted by Gasteiger charge is -2.06. The zero-order valence-corrected chi connectivity index (χ0v) is 8.33. The first kappa shape index (κ1) is 10.1. The number of ether oxygens (including phenoxy) is 1. The summed E-state index contributed by atoms with van der Waals surface area (Å²) in [6.07, 6.45) is 4.74. The molecule has 0 bridgehead atoms. The molecule has 0 aliphatic carbocycles. The van der Waals surface area contributed by atoms with E-state index in [0.29, 0.717) is 17.2 Å². The summed E-state index contributed by atoms with van der Waals surface area (Å²) in [6, 6.07) is 10.4. The van der Waals surface area contributed by atoms with Crippen molar-refractivity contribution in [2.45, 2.75) is 0 Å². The van der Waals surface area contributed by atoms with Gasteiger partial charge in [0.25, 0.3) is 0 Å². The Morgan fingerprint density at radius 2 is 1.88 bits per heavy atom. The zero-order valence-electron chi connectivity index (χ0n) is 8.33. The lowest BCUT2D eigenvalue weighted by atomic mass is 10.3. The second-order valence-electron chi connectivity index (χ2n) is 2.96. The summed E-state index contributed by atoms with van der Waals surface area (Å²) in [5, 5.41) is 0. The number of nitrogens with zero attached hydrogens (tertiary/aromatic N) is 2. The van der Waals surface area contributed by atoms with Gasteiger partial charge in [-0.3, -0.25) is 4.98 Å². The van der Waals surface area contributed by atoms with Crippen molar-refractivity contribution in [2.24, 2.45) is 4.99 Å². The van der Waals surface area contributed by atoms with Gasteiger partial charge in [-0.2, -0.15) is 4.99 Å². The van der Waals surface area contributed by atoms with Gasteiger partial charge in [0, 0.05) is 12.4 Å². The molecule has 0 aliphatic rings. The van der Waals surface area contributed by atoms with Crippen LogP contribution in [0, 0.1) is 0 Å². The third-order valence-electron chi connectivity index (χ3n) is 1.91. The highest BCUT2D eigenvalue weighted by Gasteiger charge is 2.02. The number of isocyanates is 1. The molecule has 2 rings (SSSR count). The highest BCUT2D eigenvalue weighted by Crippen LogP contribution is 2.30. The van der Waals surface area contributed by atoms with Gasteiger partial charge in [-0.05, 0) is 24.3 Å². The van der Waals surface area contributed by atoms with E-state index in [9.17, 15) is 4.79 Å². The monoisotopic (exact) mass is 212 g/mol. The van der Waals surface area contributed by atoms with Crippen LogP contribution >= 0.6 is 0 Å². The summed E-state index contributed by atoms with van der Waals surface area (Å²) >= 11 is 0. The van der Waals surface area contributed by atoms with Gasteiger partial charge >= 0.3 is 0 Å². The van der Waals surface area contributed by atoms with Crippen LogP contribution in [-0.2, 0) is 4.79 Å². The third-order valence-corrected chi connectivity index (χ3v) is 1.91. The molecule has 0 spiro atoms. The number of para-hydroxylation sites is 2. The fourth-order valence-electron chi connectivity index (χ4n) is 1.22. The summed E-state index contributed by atoms with van der Waals surface area (Å²) in [4.78, 5) is 17.7. The highest BCUT2D eigenvalue weighted by atomic mass is 16.5. The fraction of sp³-hybridized carbons (Fsp3) is 0. The summed E-state index contributed by atoms with van der Waals surface area (Å²) < 4.78 is 5.55. The van der Waals surface area contributed by atoms with E-state index in [1.54, 1.807) is 48.8 Å². The van der Waals surface area contributed by atoms with Gasteiger partial charge in [0.15, 0.2) is 5.75 Å². The largest absolute Gasteiger partial charge is 0.455 e. The van der Waals surface area contributed by atoms with Gasteiger partial charge in [0.1, 0.15) is 11.4 Å². The van der Waals surface area contributed by atoms with Crippen LogP contribution < -0.4 is 4.74 Å². The molecule has 16 heavy (non-hydrogen) atoms. The quantitative estimate of drug-likeness (QED) is 0.580. The molecule has 0 amide bonds. The Hall–Kier alpha value is -2.45. The van der Waals surface area contributed by atoms with Gasteiger partial charge < -0.3 is 4.74 Å². The fourth-order valence-corrected chi connectivity index (χ4v) is 1.22. The number of benzene rings is 1. The van der Waals surface area contributed by atoms with E-state index in [1.165, 1.54) is 6.08 Å². The van der Waals surface area contributed by atoms with Crippen molar-refractivity contribution >= 4 is 11.8 Å². The molecule has 0 radical (unpaired) electrons. The summed E-state index contributed by atoms with van der Waals surface area (Å²) in [7, 11) is 0. The van der Waals surface area contributed by atoms with Crippen LogP contribution in [0.5, 0.6) is 11.5 Å². The SMILES string of the molecule is O=C=Nc1ccccc1Oc1ccncc1. The van der Waals surface area contributed by atoms with E-state index in [-0.39, 0.29) is 0 Å². The number of rotatable bonds is 3. The van der Waals surface area contributed by atoms with Crippen molar-refractivity contribution in [1.29, 1.82) is 0 Å². The normalized spacial score (nSPS) is 9.25. The molecule has 1 aromatic heterocycles. The van der Waals surface area contributed by atoms with Crippen molar-refractivity contribution in [3.8, 4) is 11.5 Å². The Labute approximate surface area is 92.2 Å². The zero-order chi connectivity index (χ0) is 11.2. The molecular weight excluding hydrogens is 204 g/mol. The second kappa shape index (κ2) is 4.87. The first-order valence-electron chi connectivity index (χ1n) is 4.65. The Kier molecular flexibility index (Phi) is 3.07. The van der Waals surface area contributed by atoms with Crippen LogP contribution in [0.4, 0.5) is 5.69 Å².